The molecule has 1 aromatic carbocycles. The van der Waals surface area contributed by atoms with Crippen LogP contribution in [0.25, 0.3) is 0 Å². The Balaban J connectivity index is 1.72. The van der Waals surface area contributed by atoms with E-state index < -0.39 is 15.5 Å². The summed E-state index contributed by atoms with van der Waals surface area (Å²) in [6.07, 6.45) is 4.86. The van der Waals surface area contributed by atoms with Crippen LogP contribution in [0, 0.1) is 5.92 Å². The fourth-order valence-electron chi connectivity index (χ4n) is 3.66. The first kappa shape index (κ1) is 17.1. The topological polar surface area (TPSA) is 49.4 Å². The van der Waals surface area contributed by atoms with Crippen LogP contribution in [-0.4, -0.2) is 30.8 Å². The lowest BCUT2D eigenvalue weighted by Crippen LogP contribution is -2.44. The summed E-state index contributed by atoms with van der Waals surface area (Å²) in [6.45, 7) is -0.352. The van der Waals surface area contributed by atoms with Gasteiger partial charge >= 0.3 is 15.5 Å². The summed E-state index contributed by atoms with van der Waals surface area (Å²) in [5, 5.41) is 3.33. The van der Waals surface area contributed by atoms with Crippen molar-refractivity contribution in [3.63, 3.8) is 0 Å². The highest BCUT2D eigenvalue weighted by molar-refractivity contribution is 7.89. The van der Waals surface area contributed by atoms with Gasteiger partial charge in [-0.3, -0.25) is 0 Å². The molecule has 0 amide bonds. The largest absolute Gasteiger partial charge is 0.511 e. The number of fused-ring (bicyclic) bond motifs is 1. The van der Waals surface area contributed by atoms with Gasteiger partial charge in [0.05, 0.1) is 0 Å². The minimum atomic E-state index is -5.34. The van der Waals surface area contributed by atoms with Gasteiger partial charge in [-0.1, -0.05) is 25.0 Å². The molecule has 3 aliphatic rings. The molecule has 1 unspecified atom stereocenters. The number of sulfonamides is 1. The van der Waals surface area contributed by atoms with E-state index in [1.807, 2.05) is 18.2 Å². The van der Waals surface area contributed by atoms with Gasteiger partial charge in [0.2, 0.25) is 0 Å². The number of hydrogen-bond donors (Lipinski definition) is 1. The van der Waals surface area contributed by atoms with E-state index in [1.54, 1.807) is 0 Å². The van der Waals surface area contributed by atoms with Crippen molar-refractivity contribution in [3.8, 4) is 0 Å². The van der Waals surface area contributed by atoms with Crippen molar-refractivity contribution in [2.75, 3.05) is 11.9 Å². The molecule has 8 heteroatoms. The van der Waals surface area contributed by atoms with Crippen LogP contribution in [0.1, 0.15) is 49.1 Å². The van der Waals surface area contributed by atoms with Crippen molar-refractivity contribution in [2.24, 2.45) is 5.92 Å². The van der Waals surface area contributed by atoms with E-state index in [0.717, 1.165) is 36.9 Å². The Labute approximate surface area is 145 Å². The smallest absolute Gasteiger partial charge is 0.381 e. The quantitative estimate of drug-likeness (QED) is 0.872. The average Bonchev–Trinajstić information content (AvgIpc) is 3.39. The molecule has 0 radical (unpaired) electrons. The van der Waals surface area contributed by atoms with Crippen molar-refractivity contribution in [2.45, 2.75) is 56.1 Å². The summed E-state index contributed by atoms with van der Waals surface area (Å²) in [6, 6.07) is 5.38. The van der Waals surface area contributed by atoms with Gasteiger partial charge in [-0.05, 0) is 48.3 Å². The summed E-state index contributed by atoms with van der Waals surface area (Å²) in [5.74, 6) is 0.827. The molecule has 0 spiro atoms. The second-order valence-corrected chi connectivity index (χ2v) is 9.34. The van der Waals surface area contributed by atoms with Crippen molar-refractivity contribution in [3.05, 3.63) is 29.3 Å². The molecule has 2 aliphatic carbocycles. The van der Waals surface area contributed by atoms with Gasteiger partial charge < -0.3 is 5.32 Å². The lowest BCUT2D eigenvalue weighted by molar-refractivity contribution is -0.0492. The summed E-state index contributed by atoms with van der Waals surface area (Å²) >= 11 is 0. The minimum absolute atomic E-state index is 0.142. The number of alkyl halides is 3. The minimum Gasteiger partial charge on any atom is -0.381 e. The Hall–Kier alpha value is -1.28. The van der Waals surface area contributed by atoms with Gasteiger partial charge in [0.25, 0.3) is 0 Å². The van der Waals surface area contributed by atoms with Crippen molar-refractivity contribution < 1.29 is 21.6 Å². The predicted molar refractivity (Wildman–Crippen MR) is 88.6 cm³/mol. The fourth-order valence-corrected chi connectivity index (χ4v) is 4.63. The van der Waals surface area contributed by atoms with Gasteiger partial charge in [-0.15, -0.1) is 0 Å². The van der Waals surface area contributed by atoms with Gasteiger partial charge in [0.15, 0.2) is 0 Å². The van der Waals surface area contributed by atoms with Crippen LogP contribution in [0.4, 0.5) is 18.9 Å². The number of rotatable bonds is 4. The highest BCUT2D eigenvalue weighted by Crippen LogP contribution is 2.45. The number of nitrogens with zero attached hydrogens (tertiary/aromatic N) is 1. The van der Waals surface area contributed by atoms with Crippen LogP contribution in [0.2, 0.25) is 0 Å². The Kier molecular flexibility index (Phi) is 4.03. The van der Waals surface area contributed by atoms with Crippen LogP contribution in [0.15, 0.2) is 18.2 Å². The number of anilines is 1. The molecule has 0 saturated heterocycles. The molecule has 138 valence electrons. The monoisotopic (exact) mass is 374 g/mol. The van der Waals surface area contributed by atoms with Crippen LogP contribution < -0.4 is 5.32 Å². The maximum absolute atomic E-state index is 13.1. The summed E-state index contributed by atoms with van der Waals surface area (Å²) < 4.78 is 64.3. The Morgan fingerprint density at radius 3 is 2.48 bits per heavy atom. The third-order valence-corrected chi connectivity index (χ3v) is 6.84. The van der Waals surface area contributed by atoms with Crippen LogP contribution in [-0.2, 0) is 16.6 Å². The normalized spacial score (nSPS) is 25.2. The molecule has 1 heterocycles. The first-order valence-electron chi connectivity index (χ1n) is 8.70. The van der Waals surface area contributed by atoms with E-state index in [2.05, 4.69) is 5.32 Å². The van der Waals surface area contributed by atoms with E-state index in [0.29, 0.717) is 28.1 Å². The van der Waals surface area contributed by atoms with E-state index >= 15 is 0 Å². The van der Waals surface area contributed by atoms with Crippen molar-refractivity contribution >= 4 is 15.7 Å². The van der Waals surface area contributed by atoms with Gasteiger partial charge in [-0.2, -0.15) is 17.5 Å². The molecule has 2 fully saturated rings. The molecule has 2 saturated carbocycles. The molecule has 1 N–H and O–H groups in total. The number of halogens is 3. The highest BCUT2D eigenvalue weighted by Gasteiger charge is 2.51. The van der Waals surface area contributed by atoms with Crippen LogP contribution in [0.3, 0.4) is 0 Å². The molecule has 0 aromatic heterocycles. The fraction of sp³-hybridized carbons (Fsp3) is 0.647. The Bertz CT molecular complexity index is 771. The summed E-state index contributed by atoms with van der Waals surface area (Å²) in [4.78, 5) is 0. The van der Waals surface area contributed by atoms with E-state index in [4.69, 9.17) is 0 Å². The van der Waals surface area contributed by atoms with Gasteiger partial charge in [0, 0.05) is 24.8 Å². The zero-order chi connectivity index (χ0) is 17.8. The van der Waals surface area contributed by atoms with Crippen molar-refractivity contribution in [1.82, 2.24) is 4.31 Å². The zero-order valence-corrected chi connectivity index (χ0v) is 14.5. The first-order chi connectivity index (χ1) is 11.8. The third kappa shape index (κ3) is 3.38. The van der Waals surface area contributed by atoms with Gasteiger partial charge in [-0.25, -0.2) is 8.42 Å². The van der Waals surface area contributed by atoms with E-state index in [-0.39, 0.29) is 19.1 Å². The summed E-state index contributed by atoms with van der Waals surface area (Å²) in [5.41, 5.74) is -2.79. The number of benzene rings is 1. The first-order valence-corrected chi connectivity index (χ1v) is 10.1. The lowest BCUT2D eigenvalue weighted by Gasteiger charge is -2.25. The molecule has 1 aromatic rings. The second kappa shape index (κ2) is 5.87. The van der Waals surface area contributed by atoms with Gasteiger partial charge in [0.1, 0.15) is 0 Å². The second-order valence-electron chi connectivity index (χ2n) is 7.41. The van der Waals surface area contributed by atoms with Crippen molar-refractivity contribution in [1.29, 1.82) is 0 Å². The molecular formula is C17H21F3N2O2S. The maximum Gasteiger partial charge on any atom is 0.511 e. The van der Waals surface area contributed by atoms with E-state index in [1.165, 1.54) is 0 Å². The molecule has 0 bridgehead atoms. The maximum atomic E-state index is 13.1. The molecular weight excluding hydrogens is 353 g/mol. The molecule has 25 heavy (non-hydrogen) atoms. The Morgan fingerprint density at radius 2 is 1.88 bits per heavy atom. The zero-order valence-electron chi connectivity index (χ0n) is 13.7. The SMILES string of the molecule is O=S(=O)(N1Cc2c(cccc2C2CC2)NC(CC2CC2)C1)C(F)(F)F. The molecule has 1 aliphatic heterocycles. The average molecular weight is 374 g/mol. The lowest BCUT2D eigenvalue weighted by atomic mass is 10.0. The van der Waals surface area contributed by atoms with Crippen LogP contribution >= 0.6 is 0 Å². The number of nitrogens with one attached hydrogen (secondary N) is 1. The standard InChI is InChI=1S/C17H21F3N2O2S/c18-17(19,20)25(23,24)22-9-13(8-11-4-5-11)21-16-3-1-2-14(12-6-7-12)15(16)10-22/h1-3,11-13,21H,4-10H2. The highest BCUT2D eigenvalue weighted by atomic mass is 32.2. The van der Waals surface area contributed by atoms with E-state index in [9.17, 15) is 21.6 Å². The molecule has 1 atom stereocenters. The predicted octanol–water partition coefficient (Wildman–Crippen LogP) is 3.81. The number of hydrogen-bond acceptors (Lipinski definition) is 3. The third-order valence-electron chi connectivity index (χ3n) is 5.29. The summed E-state index contributed by atoms with van der Waals surface area (Å²) in [7, 11) is -5.34. The molecule has 4 nitrogen and oxygen atoms in total. The Morgan fingerprint density at radius 1 is 1.16 bits per heavy atom. The molecule has 4 rings (SSSR count). The van der Waals surface area contributed by atoms with Crippen LogP contribution in [0.5, 0.6) is 0 Å².